The second-order valence-corrected chi connectivity index (χ2v) is 4.62. The van der Waals surface area contributed by atoms with Gasteiger partial charge in [-0.3, -0.25) is 9.36 Å². The quantitative estimate of drug-likeness (QED) is 0.802. The first kappa shape index (κ1) is 13.2. The fraction of sp³-hybridized carbons (Fsp3) is 0.118. The van der Waals surface area contributed by atoms with Crippen LogP contribution in [-0.2, 0) is 0 Å². The predicted octanol–water partition coefficient (Wildman–Crippen LogP) is 3.10. The van der Waals surface area contributed by atoms with Crippen LogP contribution in [0.2, 0.25) is 0 Å². The zero-order valence-electron chi connectivity index (χ0n) is 11.6. The second kappa shape index (κ2) is 5.32. The second-order valence-electron chi connectivity index (χ2n) is 4.62. The van der Waals surface area contributed by atoms with Crippen molar-refractivity contribution in [2.24, 2.45) is 0 Å². The summed E-state index contributed by atoms with van der Waals surface area (Å²) < 4.78 is 7.35. The predicted molar refractivity (Wildman–Crippen MR) is 82.4 cm³/mol. The monoisotopic (exact) mass is 281 g/mol. The fourth-order valence-electron chi connectivity index (χ4n) is 2.41. The number of benzene rings is 2. The van der Waals surface area contributed by atoms with Gasteiger partial charge in [-0.2, -0.15) is 0 Å². The molecule has 0 aliphatic heterocycles. The Balaban J connectivity index is 2.44. The highest BCUT2D eigenvalue weighted by molar-refractivity contribution is 5.82. The van der Waals surface area contributed by atoms with Gasteiger partial charge >= 0.3 is 0 Å². The van der Waals surface area contributed by atoms with E-state index in [1.807, 2.05) is 31.2 Å². The molecule has 0 aliphatic rings. The summed E-state index contributed by atoms with van der Waals surface area (Å²) in [5.41, 5.74) is 1.19. The highest BCUT2D eigenvalue weighted by Gasteiger charge is 2.13. The van der Waals surface area contributed by atoms with Gasteiger partial charge in [0.15, 0.2) is 5.43 Å². The van der Waals surface area contributed by atoms with E-state index >= 15 is 0 Å². The molecule has 4 heteroatoms. The van der Waals surface area contributed by atoms with Crippen LogP contribution in [0.3, 0.4) is 0 Å². The molecule has 0 spiro atoms. The van der Waals surface area contributed by atoms with Gasteiger partial charge in [0.2, 0.25) is 5.88 Å². The maximum absolute atomic E-state index is 12.2. The Morgan fingerprint density at radius 2 is 1.81 bits per heavy atom. The molecule has 3 rings (SSSR count). The van der Waals surface area contributed by atoms with Crippen molar-refractivity contribution in [1.29, 1.82) is 0 Å². The van der Waals surface area contributed by atoms with Crippen LogP contribution in [0.15, 0.2) is 59.4 Å². The zero-order chi connectivity index (χ0) is 14.8. The molecule has 21 heavy (non-hydrogen) atoms. The maximum Gasteiger partial charge on any atom is 0.202 e. The SMILES string of the molecule is CCOc1cc(=O)c2ccccc2n1-c1ccccc1O. The molecule has 0 unspecified atom stereocenters. The van der Waals surface area contributed by atoms with Crippen LogP contribution in [-0.4, -0.2) is 16.3 Å². The van der Waals surface area contributed by atoms with Gasteiger partial charge in [0, 0.05) is 11.5 Å². The third-order valence-electron chi connectivity index (χ3n) is 3.30. The molecular weight excluding hydrogens is 266 g/mol. The summed E-state index contributed by atoms with van der Waals surface area (Å²) in [6, 6.07) is 15.7. The Labute approximate surface area is 121 Å². The summed E-state index contributed by atoms with van der Waals surface area (Å²) in [4.78, 5) is 12.2. The van der Waals surface area contributed by atoms with Gasteiger partial charge in [0.1, 0.15) is 5.75 Å². The van der Waals surface area contributed by atoms with Gasteiger partial charge in [0.25, 0.3) is 0 Å². The number of ether oxygens (including phenoxy) is 1. The molecule has 0 saturated carbocycles. The number of hydrogen-bond acceptors (Lipinski definition) is 3. The third-order valence-corrected chi connectivity index (χ3v) is 3.30. The lowest BCUT2D eigenvalue weighted by atomic mass is 10.2. The van der Waals surface area contributed by atoms with E-state index in [1.54, 1.807) is 28.8 Å². The molecule has 0 aliphatic carbocycles. The van der Waals surface area contributed by atoms with E-state index in [1.165, 1.54) is 6.07 Å². The Kier molecular flexibility index (Phi) is 3.36. The summed E-state index contributed by atoms with van der Waals surface area (Å²) in [5.74, 6) is 0.551. The molecule has 0 saturated heterocycles. The summed E-state index contributed by atoms with van der Waals surface area (Å²) in [5, 5.41) is 10.7. The molecule has 2 aromatic carbocycles. The number of phenols is 1. The van der Waals surface area contributed by atoms with Crippen LogP contribution in [0, 0.1) is 0 Å². The van der Waals surface area contributed by atoms with Crippen molar-refractivity contribution in [3.8, 4) is 17.3 Å². The summed E-state index contributed by atoms with van der Waals surface area (Å²) >= 11 is 0. The molecule has 1 aromatic heterocycles. The third kappa shape index (κ3) is 2.25. The number of aromatic hydroxyl groups is 1. The number of fused-ring (bicyclic) bond motifs is 1. The Morgan fingerprint density at radius 3 is 2.57 bits per heavy atom. The largest absolute Gasteiger partial charge is 0.506 e. The summed E-state index contributed by atoms with van der Waals surface area (Å²) in [6.07, 6.45) is 0. The fourth-order valence-corrected chi connectivity index (χ4v) is 2.41. The van der Waals surface area contributed by atoms with E-state index in [0.29, 0.717) is 29.1 Å². The van der Waals surface area contributed by atoms with E-state index in [9.17, 15) is 9.90 Å². The number of nitrogens with zero attached hydrogens (tertiary/aromatic N) is 1. The Bertz CT molecular complexity index is 852. The number of hydrogen-bond donors (Lipinski definition) is 1. The first-order valence-corrected chi connectivity index (χ1v) is 6.78. The van der Waals surface area contributed by atoms with Crippen molar-refractivity contribution >= 4 is 10.9 Å². The average molecular weight is 281 g/mol. The molecule has 0 amide bonds. The Hall–Kier alpha value is -2.75. The van der Waals surface area contributed by atoms with Crippen molar-refractivity contribution in [2.75, 3.05) is 6.61 Å². The van der Waals surface area contributed by atoms with Crippen LogP contribution in [0.1, 0.15) is 6.92 Å². The van der Waals surface area contributed by atoms with Crippen molar-refractivity contribution < 1.29 is 9.84 Å². The van der Waals surface area contributed by atoms with E-state index in [2.05, 4.69) is 0 Å². The summed E-state index contributed by atoms with van der Waals surface area (Å²) in [7, 11) is 0. The van der Waals surface area contributed by atoms with Crippen LogP contribution < -0.4 is 10.2 Å². The number of pyridine rings is 1. The van der Waals surface area contributed by atoms with E-state index < -0.39 is 0 Å². The number of rotatable bonds is 3. The van der Waals surface area contributed by atoms with Crippen molar-refractivity contribution in [1.82, 2.24) is 4.57 Å². The van der Waals surface area contributed by atoms with Gasteiger partial charge in [-0.25, -0.2) is 0 Å². The maximum atomic E-state index is 12.2. The van der Waals surface area contributed by atoms with E-state index in [-0.39, 0.29) is 11.2 Å². The first-order valence-electron chi connectivity index (χ1n) is 6.78. The molecule has 0 fully saturated rings. The number of aromatic nitrogens is 1. The van der Waals surface area contributed by atoms with Crippen LogP contribution in [0.4, 0.5) is 0 Å². The van der Waals surface area contributed by atoms with Crippen molar-refractivity contribution in [3.63, 3.8) is 0 Å². The van der Waals surface area contributed by atoms with E-state index in [0.717, 1.165) is 0 Å². The van der Waals surface area contributed by atoms with Crippen LogP contribution in [0.5, 0.6) is 11.6 Å². The molecular formula is C17H15NO3. The van der Waals surface area contributed by atoms with Crippen LogP contribution in [0.25, 0.3) is 16.6 Å². The molecule has 1 heterocycles. The molecule has 4 nitrogen and oxygen atoms in total. The molecule has 1 N–H and O–H groups in total. The standard InChI is InChI=1S/C17H15NO3/c1-2-21-17-11-16(20)12-7-3-4-8-13(12)18(17)14-9-5-6-10-15(14)19/h3-11,19H,2H2,1H3. The van der Waals surface area contributed by atoms with Gasteiger partial charge in [-0.05, 0) is 31.2 Å². The van der Waals surface area contributed by atoms with E-state index in [4.69, 9.17) is 4.74 Å². The normalized spacial score (nSPS) is 10.7. The minimum Gasteiger partial charge on any atom is -0.506 e. The van der Waals surface area contributed by atoms with Gasteiger partial charge in [-0.1, -0.05) is 24.3 Å². The lowest BCUT2D eigenvalue weighted by molar-refractivity contribution is 0.319. The number of para-hydroxylation sites is 3. The zero-order valence-corrected chi connectivity index (χ0v) is 11.6. The lowest BCUT2D eigenvalue weighted by Crippen LogP contribution is -2.12. The highest BCUT2D eigenvalue weighted by atomic mass is 16.5. The summed E-state index contributed by atoms with van der Waals surface area (Å²) in [6.45, 7) is 2.29. The minimum atomic E-state index is -0.0966. The lowest BCUT2D eigenvalue weighted by Gasteiger charge is -2.17. The molecule has 0 bridgehead atoms. The Morgan fingerprint density at radius 1 is 1.10 bits per heavy atom. The van der Waals surface area contributed by atoms with Crippen molar-refractivity contribution in [3.05, 3.63) is 64.8 Å². The minimum absolute atomic E-state index is 0.0966. The van der Waals surface area contributed by atoms with Crippen LogP contribution >= 0.6 is 0 Å². The molecule has 3 aromatic rings. The molecule has 0 radical (unpaired) electrons. The molecule has 106 valence electrons. The van der Waals surface area contributed by atoms with Gasteiger partial charge in [-0.15, -0.1) is 0 Å². The number of phenolic OH excluding ortho intramolecular Hbond substituents is 1. The average Bonchev–Trinajstić information content (AvgIpc) is 2.49. The molecule has 0 atom stereocenters. The smallest absolute Gasteiger partial charge is 0.202 e. The topological polar surface area (TPSA) is 51.5 Å². The van der Waals surface area contributed by atoms with Gasteiger partial charge in [0.05, 0.1) is 17.8 Å². The first-order chi connectivity index (χ1) is 10.2. The highest BCUT2D eigenvalue weighted by Crippen LogP contribution is 2.29. The van der Waals surface area contributed by atoms with Crippen molar-refractivity contribution in [2.45, 2.75) is 6.92 Å². The van der Waals surface area contributed by atoms with Gasteiger partial charge < -0.3 is 9.84 Å².